The SMILES string of the molecule is O=C(CCn1cncn1)NCc1ccc2c(c1)CNC2. The lowest BCUT2D eigenvalue weighted by Crippen LogP contribution is -2.24. The molecule has 104 valence electrons. The fraction of sp³-hybridized carbons (Fsp3) is 0.357. The standard InChI is InChI=1S/C14H17N5O/c20-14(3-4-19-10-16-9-18-19)17-6-11-1-2-12-7-15-8-13(12)5-11/h1-2,5,9-10,15H,3-4,6-8H2,(H,17,20). The van der Waals surface area contributed by atoms with Crippen molar-refractivity contribution in [2.45, 2.75) is 32.6 Å². The number of amides is 1. The Bertz CT molecular complexity index is 594. The Hall–Kier alpha value is -2.21. The van der Waals surface area contributed by atoms with E-state index in [0.29, 0.717) is 19.5 Å². The topological polar surface area (TPSA) is 71.8 Å². The molecular weight excluding hydrogens is 254 g/mol. The summed E-state index contributed by atoms with van der Waals surface area (Å²) in [6.45, 7) is 2.99. The first-order valence-electron chi connectivity index (χ1n) is 6.72. The number of fused-ring (bicyclic) bond motifs is 1. The van der Waals surface area contributed by atoms with Crippen molar-refractivity contribution in [3.63, 3.8) is 0 Å². The van der Waals surface area contributed by atoms with Crippen LogP contribution in [0, 0.1) is 0 Å². The molecule has 6 heteroatoms. The van der Waals surface area contributed by atoms with Gasteiger partial charge in [-0.3, -0.25) is 9.48 Å². The van der Waals surface area contributed by atoms with E-state index < -0.39 is 0 Å². The first-order chi connectivity index (χ1) is 9.81. The molecule has 2 heterocycles. The van der Waals surface area contributed by atoms with Crippen LogP contribution in [0.4, 0.5) is 0 Å². The van der Waals surface area contributed by atoms with Gasteiger partial charge >= 0.3 is 0 Å². The van der Waals surface area contributed by atoms with Gasteiger partial charge in [0.1, 0.15) is 12.7 Å². The van der Waals surface area contributed by atoms with E-state index in [1.165, 1.54) is 17.5 Å². The lowest BCUT2D eigenvalue weighted by molar-refractivity contribution is -0.121. The monoisotopic (exact) mass is 271 g/mol. The van der Waals surface area contributed by atoms with Crippen LogP contribution < -0.4 is 10.6 Å². The molecule has 2 aromatic rings. The third-order valence-electron chi connectivity index (χ3n) is 3.43. The summed E-state index contributed by atoms with van der Waals surface area (Å²) in [7, 11) is 0. The number of hydrogen-bond donors (Lipinski definition) is 2. The normalized spacial score (nSPS) is 13.2. The molecule has 1 aliphatic rings. The van der Waals surface area contributed by atoms with E-state index in [4.69, 9.17) is 0 Å². The molecule has 0 atom stereocenters. The lowest BCUT2D eigenvalue weighted by atomic mass is 10.1. The molecule has 6 nitrogen and oxygen atoms in total. The molecule has 1 aromatic heterocycles. The summed E-state index contributed by atoms with van der Waals surface area (Å²) < 4.78 is 1.65. The second kappa shape index (κ2) is 5.83. The van der Waals surface area contributed by atoms with Gasteiger partial charge in [0.25, 0.3) is 0 Å². The molecule has 0 saturated heterocycles. The molecule has 0 aliphatic carbocycles. The zero-order valence-corrected chi connectivity index (χ0v) is 11.2. The van der Waals surface area contributed by atoms with Gasteiger partial charge in [-0.2, -0.15) is 5.10 Å². The van der Waals surface area contributed by atoms with Crippen LogP contribution in [0.25, 0.3) is 0 Å². The Balaban J connectivity index is 1.48. The van der Waals surface area contributed by atoms with Crippen molar-refractivity contribution in [2.75, 3.05) is 0 Å². The van der Waals surface area contributed by atoms with Crippen LogP contribution >= 0.6 is 0 Å². The number of hydrogen-bond acceptors (Lipinski definition) is 4. The van der Waals surface area contributed by atoms with Crippen LogP contribution in [0.15, 0.2) is 30.9 Å². The first-order valence-corrected chi connectivity index (χ1v) is 6.72. The summed E-state index contributed by atoms with van der Waals surface area (Å²) in [5.41, 5.74) is 3.83. The Morgan fingerprint density at radius 3 is 3.10 bits per heavy atom. The minimum absolute atomic E-state index is 0.0270. The van der Waals surface area contributed by atoms with E-state index in [0.717, 1.165) is 18.7 Å². The molecule has 1 amide bonds. The fourth-order valence-electron chi connectivity index (χ4n) is 2.31. The number of carbonyl (C=O) groups is 1. The van der Waals surface area contributed by atoms with Gasteiger partial charge in [0.05, 0.1) is 6.54 Å². The van der Waals surface area contributed by atoms with Crippen LogP contribution in [0.5, 0.6) is 0 Å². The molecule has 0 fully saturated rings. The molecule has 1 aromatic carbocycles. The van der Waals surface area contributed by atoms with Gasteiger partial charge in [-0.05, 0) is 16.7 Å². The minimum atomic E-state index is 0.0270. The summed E-state index contributed by atoms with van der Waals surface area (Å²) in [6, 6.07) is 6.36. The van der Waals surface area contributed by atoms with Crippen LogP contribution in [-0.2, 0) is 31.0 Å². The maximum Gasteiger partial charge on any atom is 0.222 e. The summed E-state index contributed by atoms with van der Waals surface area (Å²) in [5, 5.41) is 10.2. The molecule has 20 heavy (non-hydrogen) atoms. The molecule has 2 N–H and O–H groups in total. The molecule has 0 saturated carbocycles. The molecule has 0 spiro atoms. The molecule has 0 bridgehead atoms. The highest BCUT2D eigenvalue weighted by molar-refractivity contribution is 5.75. The quantitative estimate of drug-likeness (QED) is 0.835. The Labute approximate surface area is 117 Å². The smallest absolute Gasteiger partial charge is 0.222 e. The second-order valence-electron chi connectivity index (χ2n) is 4.89. The summed E-state index contributed by atoms with van der Waals surface area (Å²) in [6.07, 6.45) is 3.49. The predicted octanol–water partition coefficient (Wildman–Crippen LogP) is 0.588. The van der Waals surface area contributed by atoms with Crippen molar-refractivity contribution in [1.29, 1.82) is 0 Å². The molecule has 3 rings (SSSR count). The van der Waals surface area contributed by atoms with Gasteiger partial charge in [-0.25, -0.2) is 4.98 Å². The number of benzene rings is 1. The number of carbonyl (C=O) groups excluding carboxylic acids is 1. The maximum atomic E-state index is 11.8. The van der Waals surface area contributed by atoms with E-state index in [2.05, 4.69) is 38.9 Å². The molecule has 1 aliphatic heterocycles. The van der Waals surface area contributed by atoms with Gasteiger partial charge in [-0.1, -0.05) is 18.2 Å². The van der Waals surface area contributed by atoms with Crippen LogP contribution in [0.1, 0.15) is 23.1 Å². The number of nitrogens with zero attached hydrogens (tertiary/aromatic N) is 3. The number of aromatic nitrogens is 3. The number of aryl methyl sites for hydroxylation is 1. The van der Waals surface area contributed by atoms with Crippen molar-refractivity contribution < 1.29 is 4.79 Å². The molecule has 0 radical (unpaired) electrons. The van der Waals surface area contributed by atoms with Crippen LogP contribution in [0.3, 0.4) is 0 Å². The summed E-state index contributed by atoms with van der Waals surface area (Å²) in [5.74, 6) is 0.0270. The fourth-order valence-corrected chi connectivity index (χ4v) is 2.31. The van der Waals surface area contributed by atoms with Crippen molar-refractivity contribution in [3.05, 3.63) is 47.5 Å². The van der Waals surface area contributed by atoms with Crippen molar-refractivity contribution in [1.82, 2.24) is 25.4 Å². The Kier molecular flexibility index (Phi) is 3.73. The highest BCUT2D eigenvalue weighted by Crippen LogP contribution is 2.16. The van der Waals surface area contributed by atoms with Crippen LogP contribution in [-0.4, -0.2) is 20.7 Å². The summed E-state index contributed by atoms with van der Waals surface area (Å²) in [4.78, 5) is 15.6. The van der Waals surface area contributed by atoms with Gasteiger partial charge in [0.2, 0.25) is 5.91 Å². The van der Waals surface area contributed by atoms with Crippen LogP contribution in [0.2, 0.25) is 0 Å². The highest BCUT2D eigenvalue weighted by Gasteiger charge is 2.10. The van der Waals surface area contributed by atoms with Gasteiger partial charge < -0.3 is 10.6 Å². The van der Waals surface area contributed by atoms with Crippen molar-refractivity contribution >= 4 is 5.91 Å². The van der Waals surface area contributed by atoms with Gasteiger partial charge in [0.15, 0.2) is 0 Å². The highest BCUT2D eigenvalue weighted by atomic mass is 16.1. The van der Waals surface area contributed by atoms with Gasteiger partial charge in [-0.15, -0.1) is 0 Å². The Morgan fingerprint density at radius 1 is 1.35 bits per heavy atom. The largest absolute Gasteiger partial charge is 0.352 e. The molecular formula is C14H17N5O. The predicted molar refractivity (Wildman–Crippen MR) is 73.5 cm³/mol. The maximum absolute atomic E-state index is 11.8. The minimum Gasteiger partial charge on any atom is -0.352 e. The Morgan fingerprint density at radius 2 is 2.25 bits per heavy atom. The van der Waals surface area contributed by atoms with E-state index >= 15 is 0 Å². The van der Waals surface area contributed by atoms with E-state index in [1.807, 2.05) is 0 Å². The van der Waals surface area contributed by atoms with Crippen molar-refractivity contribution in [3.8, 4) is 0 Å². The van der Waals surface area contributed by atoms with E-state index in [1.54, 1.807) is 11.0 Å². The zero-order chi connectivity index (χ0) is 13.8. The third-order valence-corrected chi connectivity index (χ3v) is 3.43. The lowest BCUT2D eigenvalue weighted by Gasteiger charge is -2.07. The summed E-state index contributed by atoms with van der Waals surface area (Å²) >= 11 is 0. The van der Waals surface area contributed by atoms with E-state index in [9.17, 15) is 4.79 Å². The second-order valence-corrected chi connectivity index (χ2v) is 4.89. The van der Waals surface area contributed by atoms with E-state index in [-0.39, 0.29) is 5.91 Å². The first kappa shape index (κ1) is 12.8. The number of rotatable bonds is 5. The van der Waals surface area contributed by atoms with Crippen molar-refractivity contribution in [2.24, 2.45) is 0 Å². The zero-order valence-electron chi connectivity index (χ0n) is 11.2. The average Bonchev–Trinajstić information content (AvgIpc) is 3.13. The number of nitrogens with one attached hydrogen (secondary N) is 2. The third kappa shape index (κ3) is 3.03. The average molecular weight is 271 g/mol. The van der Waals surface area contributed by atoms with Gasteiger partial charge in [0, 0.05) is 26.1 Å². The molecule has 0 unspecified atom stereocenters.